The van der Waals surface area contributed by atoms with Gasteiger partial charge in [0.25, 0.3) is 0 Å². The highest BCUT2D eigenvalue weighted by Gasteiger charge is 2.11. The standard InChI is InChI=1S/C15H13ClO3/c1-10(11-5-3-2-4-6-11)19-14-8-7-12(15(17)18)9-13(14)16/h2-10H,1H3,(H,17,18). The molecule has 19 heavy (non-hydrogen) atoms. The molecule has 0 aliphatic rings. The smallest absolute Gasteiger partial charge is 0.335 e. The predicted octanol–water partition coefficient (Wildman–Crippen LogP) is 4.18. The van der Waals surface area contributed by atoms with E-state index in [-0.39, 0.29) is 11.7 Å². The minimum absolute atomic E-state index is 0.143. The lowest BCUT2D eigenvalue weighted by Gasteiger charge is -2.16. The minimum atomic E-state index is -1.01. The quantitative estimate of drug-likeness (QED) is 0.911. The summed E-state index contributed by atoms with van der Waals surface area (Å²) in [6.45, 7) is 1.91. The Morgan fingerprint density at radius 1 is 1.21 bits per heavy atom. The molecule has 0 aliphatic heterocycles. The second kappa shape index (κ2) is 5.76. The van der Waals surface area contributed by atoms with Gasteiger partial charge in [0.05, 0.1) is 10.6 Å². The van der Waals surface area contributed by atoms with Crippen molar-refractivity contribution >= 4 is 17.6 Å². The van der Waals surface area contributed by atoms with Crippen LogP contribution in [0.1, 0.15) is 28.9 Å². The van der Waals surface area contributed by atoms with Crippen molar-refractivity contribution in [3.63, 3.8) is 0 Å². The molecule has 0 saturated heterocycles. The maximum absolute atomic E-state index is 10.8. The van der Waals surface area contributed by atoms with Crippen LogP contribution in [-0.4, -0.2) is 11.1 Å². The number of ether oxygens (including phenoxy) is 1. The zero-order chi connectivity index (χ0) is 13.8. The van der Waals surface area contributed by atoms with Gasteiger partial charge in [0, 0.05) is 0 Å². The first-order chi connectivity index (χ1) is 9.08. The molecule has 2 aromatic carbocycles. The molecule has 1 unspecified atom stereocenters. The van der Waals surface area contributed by atoms with Crippen molar-refractivity contribution in [2.45, 2.75) is 13.0 Å². The van der Waals surface area contributed by atoms with Crippen LogP contribution in [-0.2, 0) is 0 Å². The minimum Gasteiger partial charge on any atom is -0.484 e. The Hall–Kier alpha value is -2.00. The number of carbonyl (C=O) groups is 1. The highest BCUT2D eigenvalue weighted by Crippen LogP contribution is 2.29. The van der Waals surface area contributed by atoms with E-state index in [0.717, 1.165) is 5.56 Å². The van der Waals surface area contributed by atoms with Gasteiger partial charge in [-0.05, 0) is 30.7 Å². The summed E-state index contributed by atoms with van der Waals surface area (Å²) in [5, 5.41) is 9.15. The Labute approximate surface area is 116 Å². The molecule has 0 aliphatic carbocycles. The molecule has 1 N–H and O–H groups in total. The van der Waals surface area contributed by atoms with E-state index < -0.39 is 5.97 Å². The third-order valence-electron chi connectivity index (χ3n) is 2.75. The molecule has 3 nitrogen and oxygen atoms in total. The molecule has 0 heterocycles. The fraction of sp³-hybridized carbons (Fsp3) is 0.133. The molecule has 0 bridgehead atoms. The first-order valence-electron chi connectivity index (χ1n) is 5.82. The zero-order valence-corrected chi connectivity index (χ0v) is 11.1. The number of hydrogen-bond donors (Lipinski definition) is 1. The molecule has 0 aromatic heterocycles. The van der Waals surface area contributed by atoms with Crippen molar-refractivity contribution in [1.82, 2.24) is 0 Å². The molecule has 0 fully saturated rings. The lowest BCUT2D eigenvalue weighted by Crippen LogP contribution is -2.04. The predicted molar refractivity (Wildman–Crippen MR) is 73.9 cm³/mol. The van der Waals surface area contributed by atoms with Crippen molar-refractivity contribution in [2.75, 3.05) is 0 Å². The summed E-state index contributed by atoms with van der Waals surface area (Å²) >= 11 is 6.02. The summed E-state index contributed by atoms with van der Waals surface area (Å²) in [6.07, 6.45) is -0.158. The van der Waals surface area contributed by atoms with E-state index in [2.05, 4.69) is 0 Å². The largest absolute Gasteiger partial charge is 0.484 e. The van der Waals surface area contributed by atoms with Crippen molar-refractivity contribution < 1.29 is 14.6 Å². The van der Waals surface area contributed by atoms with Crippen LogP contribution in [0.2, 0.25) is 5.02 Å². The number of benzene rings is 2. The van der Waals surface area contributed by atoms with Gasteiger partial charge in [0.2, 0.25) is 0 Å². The second-order valence-corrected chi connectivity index (χ2v) is 4.53. The van der Waals surface area contributed by atoms with Gasteiger partial charge in [0.15, 0.2) is 0 Å². The van der Waals surface area contributed by atoms with Crippen LogP contribution in [0.3, 0.4) is 0 Å². The Balaban J connectivity index is 2.18. The fourth-order valence-electron chi connectivity index (χ4n) is 1.71. The third kappa shape index (κ3) is 3.26. The monoisotopic (exact) mass is 276 g/mol. The highest BCUT2D eigenvalue weighted by molar-refractivity contribution is 6.32. The van der Waals surface area contributed by atoms with E-state index in [0.29, 0.717) is 10.8 Å². The van der Waals surface area contributed by atoms with Crippen molar-refractivity contribution in [3.8, 4) is 5.75 Å². The van der Waals surface area contributed by atoms with Gasteiger partial charge in [-0.2, -0.15) is 0 Å². The van der Waals surface area contributed by atoms with Crippen LogP contribution in [0.4, 0.5) is 0 Å². The van der Waals surface area contributed by atoms with Gasteiger partial charge in [-0.1, -0.05) is 41.9 Å². The summed E-state index contributed by atoms with van der Waals surface area (Å²) in [5.74, 6) is -0.535. The molecule has 2 aromatic rings. The van der Waals surface area contributed by atoms with E-state index in [1.165, 1.54) is 12.1 Å². The third-order valence-corrected chi connectivity index (χ3v) is 3.05. The molecule has 98 valence electrons. The van der Waals surface area contributed by atoms with Crippen molar-refractivity contribution in [2.24, 2.45) is 0 Å². The first kappa shape index (κ1) is 13.4. The summed E-state index contributed by atoms with van der Waals surface area (Å²) in [4.78, 5) is 10.8. The molecule has 1 atom stereocenters. The molecular weight excluding hydrogens is 264 g/mol. The Bertz CT molecular complexity index is 581. The average Bonchev–Trinajstić information content (AvgIpc) is 2.41. The number of halogens is 1. The Morgan fingerprint density at radius 2 is 1.89 bits per heavy atom. The van der Waals surface area contributed by atoms with Crippen LogP contribution < -0.4 is 4.74 Å². The van der Waals surface area contributed by atoms with E-state index in [9.17, 15) is 4.79 Å². The maximum atomic E-state index is 10.8. The topological polar surface area (TPSA) is 46.5 Å². The Kier molecular flexibility index (Phi) is 4.07. The molecule has 0 radical (unpaired) electrons. The summed E-state index contributed by atoms with van der Waals surface area (Å²) < 4.78 is 5.74. The normalized spacial score (nSPS) is 11.9. The van der Waals surface area contributed by atoms with Crippen LogP contribution in [0.25, 0.3) is 0 Å². The second-order valence-electron chi connectivity index (χ2n) is 4.12. The number of rotatable bonds is 4. The fourth-order valence-corrected chi connectivity index (χ4v) is 1.94. The van der Waals surface area contributed by atoms with Gasteiger partial charge in [0.1, 0.15) is 11.9 Å². The lowest BCUT2D eigenvalue weighted by atomic mass is 10.1. The lowest BCUT2D eigenvalue weighted by molar-refractivity contribution is 0.0697. The van der Waals surface area contributed by atoms with E-state index >= 15 is 0 Å². The number of carboxylic acid groups (broad SMARTS) is 1. The van der Waals surface area contributed by atoms with E-state index in [4.69, 9.17) is 21.4 Å². The van der Waals surface area contributed by atoms with Crippen LogP contribution >= 0.6 is 11.6 Å². The van der Waals surface area contributed by atoms with Crippen LogP contribution in [0.5, 0.6) is 5.75 Å². The molecule has 0 saturated carbocycles. The number of carboxylic acids is 1. The summed E-state index contributed by atoms with van der Waals surface area (Å²) in [6, 6.07) is 14.2. The Morgan fingerprint density at radius 3 is 2.47 bits per heavy atom. The van der Waals surface area contributed by atoms with E-state index in [1.54, 1.807) is 6.07 Å². The summed E-state index contributed by atoms with van der Waals surface area (Å²) in [7, 11) is 0. The van der Waals surface area contributed by atoms with Crippen molar-refractivity contribution in [3.05, 3.63) is 64.7 Å². The van der Waals surface area contributed by atoms with E-state index in [1.807, 2.05) is 37.3 Å². The molecule has 0 spiro atoms. The molecular formula is C15H13ClO3. The number of hydrogen-bond acceptors (Lipinski definition) is 2. The summed E-state index contributed by atoms with van der Waals surface area (Å²) in [5.41, 5.74) is 1.17. The molecule has 4 heteroatoms. The van der Waals surface area contributed by atoms with Crippen LogP contribution in [0, 0.1) is 0 Å². The average molecular weight is 277 g/mol. The van der Waals surface area contributed by atoms with Gasteiger partial charge < -0.3 is 9.84 Å². The highest BCUT2D eigenvalue weighted by atomic mass is 35.5. The SMILES string of the molecule is CC(Oc1ccc(C(=O)O)cc1Cl)c1ccccc1. The van der Waals surface area contributed by atoms with Gasteiger partial charge in [-0.25, -0.2) is 4.79 Å². The maximum Gasteiger partial charge on any atom is 0.335 e. The van der Waals surface area contributed by atoms with Gasteiger partial charge >= 0.3 is 5.97 Å². The van der Waals surface area contributed by atoms with Crippen molar-refractivity contribution in [1.29, 1.82) is 0 Å². The van der Waals surface area contributed by atoms with Gasteiger partial charge in [-0.15, -0.1) is 0 Å². The van der Waals surface area contributed by atoms with Gasteiger partial charge in [-0.3, -0.25) is 0 Å². The first-order valence-corrected chi connectivity index (χ1v) is 6.20. The number of aromatic carboxylic acids is 1. The van der Waals surface area contributed by atoms with Crippen LogP contribution in [0.15, 0.2) is 48.5 Å². The molecule has 0 amide bonds. The zero-order valence-electron chi connectivity index (χ0n) is 10.3. The molecule has 2 rings (SSSR count).